The summed E-state index contributed by atoms with van der Waals surface area (Å²) in [5, 5.41) is 33.6. The number of hydrogen-bond donors (Lipinski definition) is 2. The summed E-state index contributed by atoms with van der Waals surface area (Å²) in [4.78, 5) is 20.4. The quantitative estimate of drug-likeness (QED) is 0.468. The number of anilines is 1. The van der Waals surface area contributed by atoms with Gasteiger partial charge in [0.15, 0.2) is 5.69 Å². The summed E-state index contributed by atoms with van der Waals surface area (Å²) >= 11 is 5.39. The summed E-state index contributed by atoms with van der Waals surface area (Å²) in [6.07, 6.45) is -0.956. The van der Waals surface area contributed by atoms with E-state index in [2.05, 4.69) is 5.32 Å². The van der Waals surface area contributed by atoms with Crippen molar-refractivity contribution in [2.24, 2.45) is 0 Å². The molecular weight excluding hydrogens is 278 g/mol. The van der Waals surface area contributed by atoms with Gasteiger partial charge in [-0.1, -0.05) is 0 Å². The molecule has 0 amide bonds. The highest BCUT2D eigenvalue weighted by molar-refractivity contribution is 6.18. The first-order valence-electron chi connectivity index (χ1n) is 5.28. The van der Waals surface area contributed by atoms with Crippen LogP contribution in [-0.2, 0) is 0 Å². The first-order valence-corrected chi connectivity index (χ1v) is 5.81. The molecule has 0 aliphatic carbocycles. The van der Waals surface area contributed by atoms with E-state index in [0.29, 0.717) is 5.56 Å². The van der Waals surface area contributed by atoms with Crippen molar-refractivity contribution in [2.75, 3.05) is 17.7 Å². The van der Waals surface area contributed by atoms with E-state index in [4.69, 9.17) is 11.6 Å². The number of nitro groups is 2. The highest BCUT2D eigenvalue weighted by Crippen LogP contribution is 2.35. The molecule has 0 saturated carbocycles. The Kier molecular flexibility index (Phi) is 5.02. The number of halogens is 1. The van der Waals surface area contributed by atoms with Gasteiger partial charge in [0, 0.05) is 18.7 Å². The normalized spacial score (nSPS) is 11.9. The van der Waals surface area contributed by atoms with Crippen molar-refractivity contribution in [2.45, 2.75) is 13.0 Å². The second-order valence-electron chi connectivity index (χ2n) is 3.88. The SMILES string of the molecule is Cc1cc([N+](=O)[O-])c(NCC(O)CCl)c([N+](=O)[O-])c1. The number of alkyl halides is 1. The largest absolute Gasteiger partial charge is 0.390 e. The van der Waals surface area contributed by atoms with E-state index in [-0.39, 0.29) is 18.1 Å². The maximum Gasteiger partial charge on any atom is 0.299 e. The van der Waals surface area contributed by atoms with E-state index >= 15 is 0 Å². The number of aliphatic hydroxyl groups is 1. The lowest BCUT2D eigenvalue weighted by atomic mass is 10.1. The molecule has 1 rings (SSSR count). The molecule has 0 radical (unpaired) electrons. The van der Waals surface area contributed by atoms with E-state index in [1.807, 2.05) is 0 Å². The first kappa shape index (κ1) is 15.1. The van der Waals surface area contributed by atoms with Gasteiger partial charge in [-0.05, 0) is 12.5 Å². The molecule has 1 aromatic carbocycles. The molecule has 0 spiro atoms. The number of aryl methyl sites for hydroxylation is 1. The van der Waals surface area contributed by atoms with Crippen molar-refractivity contribution in [1.82, 2.24) is 0 Å². The van der Waals surface area contributed by atoms with Gasteiger partial charge in [-0.25, -0.2) is 0 Å². The molecule has 0 saturated heterocycles. The van der Waals surface area contributed by atoms with Crippen molar-refractivity contribution in [1.29, 1.82) is 0 Å². The Morgan fingerprint density at radius 1 is 1.32 bits per heavy atom. The minimum Gasteiger partial charge on any atom is -0.390 e. The fourth-order valence-electron chi connectivity index (χ4n) is 1.49. The maximum absolute atomic E-state index is 10.9. The number of nitrogens with one attached hydrogen (secondary N) is 1. The number of benzene rings is 1. The van der Waals surface area contributed by atoms with Crippen molar-refractivity contribution < 1.29 is 15.0 Å². The summed E-state index contributed by atoms with van der Waals surface area (Å²) in [5.41, 5.74) is -0.645. The number of nitro benzene ring substituents is 2. The third-order valence-corrected chi connectivity index (χ3v) is 2.68. The predicted octanol–water partition coefficient (Wildman–Crippen LogP) is 1.82. The van der Waals surface area contributed by atoms with Crippen LogP contribution in [0.3, 0.4) is 0 Å². The van der Waals surface area contributed by atoms with Gasteiger partial charge in [-0.3, -0.25) is 20.2 Å². The summed E-state index contributed by atoms with van der Waals surface area (Å²) < 4.78 is 0. The van der Waals surface area contributed by atoms with Crippen LogP contribution in [0.5, 0.6) is 0 Å². The lowest BCUT2D eigenvalue weighted by Crippen LogP contribution is -2.21. The minimum absolute atomic E-state index is 0.0829. The average molecular weight is 290 g/mol. The van der Waals surface area contributed by atoms with Gasteiger partial charge >= 0.3 is 0 Å². The first-order chi connectivity index (χ1) is 8.86. The zero-order valence-corrected chi connectivity index (χ0v) is 10.8. The molecule has 0 fully saturated rings. The maximum atomic E-state index is 10.9. The van der Waals surface area contributed by atoms with Crippen LogP contribution in [0.1, 0.15) is 5.56 Å². The number of aliphatic hydroxyl groups excluding tert-OH is 1. The fraction of sp³-hybridized carbons (Fsp3) is 0.400. The van der Waals surface area contributed by atoms with Crippen LogP contribution in [0.2, 0.25) is 0 Å². The van der Waals surface area contributed by atoms with Crippen LogP contribution in [0, 0.1) is 27.2 Å². The third kappa shape index (κ3) is 3.76. The molecule has 0 heterocycles. The Morgan fingerprint density at radius 2 is 1.79 bits per heavy atom. The molecule has 8 nitrogen and oxygen atoms in total. The minimum atomic E-state index is -0.956. The fourth-order valence-corrected chi connectivity index (χ4v) is 1.60. The summed E-state index contributed by atoms with van der Waals surface area (Å²) in [6.45, 7) is 1.41. The van der Waals surface area contributed by atoms with Gasteiger partial charge in [0.05, 0.1) is 21.8 Å². The van der Waals surface area contributed by atoms with E-state index in [1.54, 1.807) is 0 Å². The molecular formula is C10H12ClN3O5. The van der Waals surface area contributed by atoms with Gasteiger partial charge in [0.2, 0.25) is 0 Å². The molecule has 1 unspecified atom stereocenters. The molecule has 1 atom stereocenters. The van der Waals surface area contributed by atoms with Crippen LogP contribution in [0.25, 0.3) is 0 Å². The Labute approximate surface area is 113 Å². The number of nitrogens with zero attached hydrogens (tertiary/aromatic N) is 2. The van der Waals surface area contributed by atoms with Gasteiger partial charge < -0.3 is 10.4 Å². The standard InChI is InChI=1S/C10H12ClN3O5/c1-6-2-8(13(16)17)10(9(3-6)14(18)19)12-5-7(15)4-11/h2-3,7,12,15H,4-5H2,1H3. The molecule has 2 N–H and O–H groups in total. The predicted molar refractivity (Wildman–Crippen MR) is 69.7 cm³/mol. The van der Waals surface area contributed by atoms with Crippen molar-refractivity contribution in [3.8, 4) is 0 Å². The topological polar surface area (TPSA) is 119 Å². The Hall–Kier alpha value is -1.93. The van der Waals surface area contributed by atoms with Crippen molar-refractivity contribution >= 4 is 28.7 Å². The van der Waals surface area contributed by atoms with Crippen LogP contribution in [-0.4, -0.2) is 33.5 Å². The smallest absolute Gasteiger partial charge is 0.299 e. The Balaban J connectivity index is 3.23. The average Bonchev–Trinajstić information content (AvgIpc) is 2.35. The van der Waals surface area contributed by atoms with Crippen molar-refractivity contribution in [3.63, 3.8) is 0 Å². The zero-order valence-electron chi connectivity index (χ0n) is 10.00. The highest BCUT2D eigenvalue weighted by Gasteiger charge is 2.26. The molecule has 0 aliphatic heterocycles. The molecule has 9 heteroatoms. The second kappa shape index (κ2) is 6.30. The lowest BCUT2D eigenvalue weighted by molar-refractivity contribution is -0.392. The van der Waals surface area contributed by atoms with Crippen molar-refractivity contribution in [3.05, 3.63) is 37.9 Å². The molecule has 1 aromatic rings. The van der Waals surface area contributed by atoms with Gasteiger partial charge in [0.1, 0.15) is 0 Å². The monoisotopic (exact) mass is 289 g/mol. The van der Waals surface area contributed by atoms with Gasteiger partial charge in [-0.2, -0.15) is 0 Å². The summed E-state index contributed by atoms with van der Waals surface area (Å²) in [6, 6.07) is 2.45. The zero-order chi connectivity index (χ0) is 14.6. The molecule has 0 aromatic heterocycles. The molecule has 0 aliphatic rings. The van der Waals surface area contributed by atoms with E-state index in [9.17, 15) is 25.3 Å². The van der Waals surface area contributed by atoms with Gasteiger partial charge in [-0.15, -0.1) is 11.6 Å². The van der Waals surface area contributed by atoms with Gasteiger partial charge in [0.25, 0.3) is 11.4 Å². The summed E-state index contributed by atoms with van der Waals surface area (Å²) in [7, 11) is 0. The van der Waals surface area contributed by atoms with E-state index in [0.717, 1.165) is 0 Å². The third-order valence-electron chi connectivity index (χ3n) is 2.33. The molecule has 0 bridgehead atoms. The summed E-state index contributed by atoms with van der Waals surface area (Å²) in [5.74, 6) is -0.0829. The lowest BCUT2D eigenvalue weighted by Gasteiger charge is -2.11. The Bertz CT molecular complexity index is 473. The van der Waals surface area contributed by atoms with Crippen LogP contribution < -0.4 is 5.32 Å². The van der Waals surface area contributed by atoms with E-state index < -0.39 is 27.3 Å². The second-order valence-corrected chi connectivity index (χ2v) is 4.19. The Morgan fingerprint density at radius 3 is 2.16 bits per heavy atom. The van der Waals surface area contributed by atoms with E-state index in [1.165, 1.54) is 19.1 Å². The number of hydrogen-bond acceptors (Lipinski definition) is 6. The molecule has 19 heavy (non-hydrogen) atoms. The van der Waals surface area contributed by atoms with Crippen LogP contribution >= 0.6 is 11.6 Å². The highest BCUT2D eigenvalue weighted by atomic mass is 35.5. The molecule has 104 valence electrons. The van der Waals surface area contributed by atoms with Crippen LogP contribution in [0.15, 0.2) is 12.1 Å². The number of rotatable bonds is 6. The van der Waals surface area contributed by atoms with Crippen LogP contribution in [0.4, 0.5) is 17.1 Å².